The standard InChI is InChI=1S/C16H36N.CHF4NO4S2/c1-5-9-13-17(14-10-6-2,15-11-7-3)16-12-8-4;2-1(3,4)11(7,8)6-12(5,9)10/h5-16H2,1-4H3;6H/q+1;. The van der Waals surface area contributed by atoms with Gasteiger partial charge in [-0.15, -0.1) is 0 Å². The summed E-state index contributed by atoms with van der Waals surface area (Å²) in [5, 5.41) is 0. The van der Waals surface area contributed by atoms with E-state index in [-0.39, 0.29) is 4.13 Å². The Morgan fingerprint density at radius 2 is 0.966 bits per heavy atom. The smallest absolute Gasteiger partial charge is 0.324 e. The summed E-state index contributed by atoms with van der Waals surface area (Å²) in [6.07, 6.45) is 11.1. The zero-order valence-corrected chi connectivity index (χ0v) is 19.5. The summed E-state index contributed by atoms with van der Waals surface area (Å²) in [4.78, 5) is 0. The molecule has 0 amide bonds. The fraction of sp³-hybridized carbons (Fsp3) is 1.00. The number of sulfonamides is 1. The van der Waals surface area contributed by atoms with Crippen molar-refractivity contribution in [2.45, 2.75) is 84.6 Å². The minimum atomic E-state index is -6.17. The molecule has 0 aromatic carbocycles. The number of halogens is 4. The molecule has 178 valence electrons. The average Bonchev–Trinajstić information content (AvgIpc) is 2.58. The third-order valence-electron chi connectivity index (χ3n) is 4.46. The summed E-state index contributed by atoms with van der Waals surface area (Å²) in [5.74, 6) is 0. The lowest BCUT2D eigenvalue weighted by atomic mass is 10.1. The number of alkyl halides is 3. The molecule has 0 aliphatic rings. The third kappa shape index (κ3) is 15.1. The van der Waals surface area contributed by atoms with Gasteiger partial charge in [0.15, 0.2) is 0 Å². The van der Waals surface area contributed by atoms with E-state index in [0.29, 0.717) is 0 Å². The quantitative estimate of drug-likeness (QED) is 0.226. The topological polar surface area (TPSA) is 80.3 Å². The monoisotopic (exact) mass is 473 g/mol. The molecule has 0 saturated carbocycles. The van der Waals surface area contributed by atoms with Crippen LogP contribution in [0.1, 0.15) is 79.1 Å². The molecule has 1 N–H and O–H groups in total. The molecule has 0 aliphatic carbocycles. The molecule has 0 rings (SSSR count). The van der Waals surface area contributed by atoms with Gasteiger partial charge in [-0.1, -0.05) is 61.4 Å². The molecule has 0 bridgehead atoms. The van der Waals surface area contributed by atoms with Gasteiger partial charge >= 0.3 is 25.9 Å². The Labute approximate surface area is 174 Å². The van der Waals surface area contributed by atoms with Gasteiger partial charge in [0, 0.05) is 0 Å². The zero-order chi connectivity index (χ0) is 23.2. The van der Waals surface area contributed by atoms with Gasteiger partial charge in [0.2, 0.25) is 0 Å². The predicted octanol–water partition coefficient (Wildman–Crippen LogP) is 4.64. The highest BCUT2D eigenvalue weighted by molar-refractivity contribution is 8.03. The van der Waals surface area contributed by atoms with Gasteiger partial charge in [-0.05, 0) is 25.7 Å². The second-order valence-electron chi connectivity index (χ2n) is 7.12. The number of hydrogen-bond donors (Lipinski definition) is 1. The zero-order valence-electron chi connectivity index (χ0n) is 17.9. The largest absolute Gasteiger partial charge is 0.512 e. The van der Waals surface area contributed by atoms with E-state index in [4.69, 9.17) is 0 Å². The van der Waals surface area contributed by atoms with Crippen molar-refractivity contribution >= 4 is 20.4 Å². The van der Waals surface area contributed by atoms with Crippen LogP contribution >= 0.6 is 0 Å². The van der Waals surface area contributed by atoms with Crippen LogP contribution in [0, 0.1) is 0 Å². The van der Waals surface area contributed by atoms with Crippen LogP contribution in [0.2, 0.25) is 0 Å². The van der Waals surface area contributed by atoms with Gasteiger partial charge in [-0.25, -0.2) is 8.42 Å². The first kappa shape index (κ1) is 30.7. The summed E-state index contributed by atoms with van der Waals surface area (Å²) in [6, 6.07) is 0. The van der Waals surface area contributed by atoms with Crippen molar-refractivity contribution in [3.05, 3.63) is 0 Å². The predicted molar refractivity (Wildman–Crippen MR) is 107 cm³/mol. The first-order valence-electron chi connectivity index (χ1n) is 10.1. The van der Waals surface area contributed by atoms with Crippen LogP contribution in [-0.2, 0) is 20.4 Å². The van der Waals surface area contributed by atoms with Crippen LogP contribution in [0.25, 0.3) is 0 Å². The number of nitrogens with zero attached hydrogens (tertiary/aromatic N) is 1. The van der Waals surface area contributed by atoms with Gasteiger partial charge in [0.05, 0.1) is 26.2 Å². The molecule has 29 heavy (non-hydrogen) atoms. The maximum absolute atomic E-state index is 11.4. The van der Waals surface area contributed by atoms with E-state index in [1.807, 2.05) is 0 Å². The van der Waals surface area contributed by atoms with Crippen LogP contribution in [0.15, 0.2) is 0 Å². The Morgan fingerprint density at radius 1 is 0.690 bits per heavy atom. The van der Waals surface area contributed by atoms with Crippen molar-refractivity contribution in [3.8, 4) is 0 Å². The molecule has 0 radical (unpaired) electrons. The minimum Gasteiger partial charge on any atom is -0.324 e. The van der Waals surface area contributed by atoms with Gasteiger partial charge < -0.3 is 4.48 Å². The Bertz CT molecular complexity index is 586. The number of rotatable bonds is 14. The van der Waals surface area contributed by atoms with E-state index in [1.54, 1.807) is 0 Å². The van der Waals surface area contributed by atoms with Crippen molar-refractivity contribution < 1.29 is 38.4 Å². The molecule has 0 aliphatic heterocycles. The summed E-state index contributed by atoms with van der Waals surface area (Å²) in [6.45, 7) is 15.0. The first-order chi connectivity index (χ1) is 13.2. The lowest BCUT2D eigenvalue weighted by Crippen LogP contribution is -2.50. The molecule has 6 nitrogen and oxygen atoms in total. The van der Waals surface area contributed by atoms with Crippen molar-refractivity contribution in [1.82, 2.24) is 4.13 Å². The lowest BCUT2D eigenvalue weighted by Gasteiger charge is -2.39. The minimum absolute atomic E-state index is 0.212. The third-order valence-corrected chi connectivity index (χ3v) is 6.74. The Morgan fingerprint density at radius 3 is 1.10 bits per heavy atom. The van der Waals surface area contributed by atoms with Gasteiger partial charge in [-0.3, -0.25) is 0 Å². The number of hydrogen-bond acceptors (Lipinski definition) is 4. The van der Waals surface area contributed by atoms with Crippen LogP contribution < -0.4 is 4.13 Å². The molecule has 12 heteroatoms. The summed E-state index contributed by atoms with van der Waals surface area (Å²) < 4.78 is 84.9. The van der Waals surface area contributed by atoms with E-state index >= 15 is 0 Å². The molecule has 0 spiro atoms. The average molecular weight is 474 g/mol. The second kappa shape index (κ2) is 14.5. The fourth-order valence-corrected chi connectivity index (χ4v) is 4.25. The molecule has 0 atom stereocenters. The molecule has 0 unspecified atom stereocenters. The van der Waals surface area contributed by atoms with Crippen LogP contribution in [0.3, 0.4) is 0 Å². The maximum Gasteiger partial charge on any atom is 0.512 e. The Hall–Kier alpha value is -0.460. The summed E-state index contributed by atoms with van der Waals surface area (Å²) in [7, 11) is -12.1. The van der Waals surface area contributed by atoms with Crippen LogP contribution in [0.4, 0.5) is 17.1 Å². The van der Waals surface area contributed by atoms with E-state index in [1.165, 1.54) is 82.0 Å². The van der Waals surface area contributed by atoms with Crippen LogP contribution in [-0.4, -0.2) is 53.0 Å². The van der Waals surface area contributed by atoms with Crippen molar-refractivity contribution in [2.24, 2.45) is 0 Å². The van der Waals surface area contributed by atoms with Gasteiger partial charge in [0.25, 0.3) is 0 Å². The number of quaternary nitrogens is 1. The highest BCUT2D eigenvalue weighted by Gasteiger charge is 2.48. The molecule has 0 fully saturated rings. The first-order valence-corrected chi connectivity index (χ1v) is 13.0. The molecule has 0 aromatic rings. The van der Waals surface area contributed by atoms with E-state index in [9.17, 15) is 33.9 Å². The second-order valence-corrected chi connectivity index (χ2v) is 10.1. The Balaban J connectivity index is 0. The van der Waals surface area contributed by atoms with Crippen LogP contribution in [0.5, 0.6) is 0 Å². The van der Waals surface area contributed by atoms with Crippen molar-refractivity contribution in [1.29, 1.82) is 0 Å². The molecule has 0 heterocycles. The van der Waals surface area contributed by atoms with Crippen molar-refractivity contribution in [3.63, 3.8) is 0 Å². The maximum atomic E-state index is 11.4. The van der Waals surface area contributed by atoms with E-state index in [2.05, 4.69) is 27.7 Å². The fourth-order valence-electron chi connectivity index (χ4n) is 2.82. The summed E-state index contributed by atoms with van der Waals surface area (Å²) >= 11 is 0. The number of unbranched alkanes of at least 4 members (excludes halogenated alkanes) is 4. The lowest BCUT2D eigenvalue weighted by molar-refractivity contribution is -0.929. The van der Waals surface area contributed by atoms with E-state index in [0.717, 1.165) is 0 Å². The molecule has 0 aromatic heterocycles. The normalized spacial score (nSPS) is 13.1. The summed E-state index contributed by atoms with van der Waals surface area (Å²) in [5.41, 5.74) is -5.86. The molecule has 0 saturated heterocycles. The Kier molecular flexibility index (Phi) is 15.4. The van der Waals surface area contributed by atoms with Gasteiger partial charge in [-0.2, -0.15) is 21.6 Å². The van der Waals surface area contributed by atoms with Gasteiger partial charge in [0.1, 0.15) is 0 Å². The number of nitrogens with one attached hydrogen (secondary N) is 1. The SMILES string of the molecule is CCCC[N+](CCCC)(CCCC)CCCC.O=S(=O)(F)NS(=O)(=O)C(F)(F)F. The van der Waals surface area contributed by atoms with Crippen molar-refractivity contribution in [2.75, 3.05) is 26.2 Å². The molecular weight excluding hydrogens is 436 g/mol. The molecular formula is C17H37F4N2O4S2+. The highest BCUT2D eigenvalue weighted by Crippen LogP contribution is 2.22. The van der Waals surface area contributed by atoms with E-state index < -0.39 is 25.9 Å². The highest BCUT2D eigenvalue weighted by atomic mass is 32.3.